The molecule has 0 aliphatic carbocycles. The number of nitrogen functional groups attached to an aromatic ring is 1. The van der Waals surface area contributed by atoms with Crippen LogP contribution in [0.4, 0.5) is 5.95 Å². The Balaban J connectivity index is 2.47. The van der Waals surface area contributed by atoms with Gasteiger partial charge in [-0.2, -0.15) is 4.98 Å². The maximum atomic E-state index is 11.5. The lowest BCUT2D eigenvalue weighted by atomic mass is 10.5. The third-order valence-corrected chi connectivity index (χ3v) is 2.46. The number of fused-ring (bicyclic) bond motifs is 1. The van der Waals surface area contributed by atoms with E-state index in [1.54, 1.807) is 0 Å². The molecule has 0 saturated carbocycles. The number of anilines is 1. The first-order valence-electron chi connectivity index (χ1n) is 4.68. The fourth-order valence-electron chi connectivity index (χ4n) is 1.33. The van der Waals surface area contributed by atoms with Gasteiger partial charge in [-0.05, 0) is 11.6 Å². The number of nitrogens with one attached hydrogen (secondary N) is 1. The predicted molar refractivity (Wildman–Crippen MR) is 64.2 cm³/mol. The highest BCUT2D eigenvalue weighted by Gasteiger charge is 2.13. The van der Waals surface area contributed by atoms with Crippen molar-refractivity contribution in [2.24, 2.45) is 0 Å². The monoisotopic (exact) mass is 277 g/mol. The highest BCUT2D eigenvalue weighted by atomic mass is 35.5. The Labute approximate surface area is 106 Å². The molecule has 0 radical (unpaired) electrons. The number of hydrogen-bond donors (Lipinski definition) is 2. The maximum absolute atomic E-state index is 11.5. The number of imidazole rings is 1. The summed E-state index contributed by atoms with van der Waals surface area (Å²) in [6.45, 7) is 0.466. The molecule has 0 bridgehead atoms. The van der Waals surface area contributed by atoms with Gasteiger partial charge in [0.25, 0.3) is 5.56 Å². The summed E-state index contributed by atoms with van der Waals surface area (Å²) in [4.78, 5) is 21.7. The molecule has 17 heavy (non-hydrogen) atoms. The lowest BCUT2D eigenvalue weighted by Crippen LogP contribution is -2.13. The number of H-pyrrole nitrogens is 1. The fraction of sp³-hybridized carbons (Fsp3) is 0.375. The molecule has 2 aromatic heterocycles. The number of halogens is 2. The van der Waals surface area contributed by atoms with Crippen LogP contribution in [0.15, 0.2) is 4.79 Å². The molecule has 0 atom stereocenters. The van der Waals surface area contributed by atoms with Gasteiger partial charge < -0.3 is 10.5 Å². The molecule has 0 spiro atoms. The molecule has 0 aromatic carbocycles. The van der Waals surface area contributed by atoms with E-state index in [4.69, 9.17) is 33.7 Å². The lowest BCUT2D eigenvalue weighted by molar-refractivity contribution is 0.0918. The predicted octanol–water partition coefficient (Wildman–Crippen LogP) is 0.568. The van der Waals surface area contributed by atoms with Crippen LogP contribution in [0.3, 0.4) is 0 Å². The summed E-state index contributed by atoms with van der Waals surface area (Å²) in [6.07, 6.45) is 0. The minimum absolute atomic E-state index is 0.00217. The number of nitrogens with zero attached hydrogens (tertiary/aromatic N) is 3. The molecule has 0 saturated heterocycles. The van der Waals surface area contributed by atoms with Crippen molar-refractivity contribution in [3.63, 3.8) is 0 Å². The van der Waals surface area contributed by atoms with Gasteiger partial charge in [-0.15, -0.1) is 11.6 Å². The zero-order chi connectivity index (χ0) is 12.4. The summed E-state index contributed by atoms with van der Waals surface area (Å²) >= 11 is 11.4. The van der Waals surface area contributed by atoms with Gasteiger partial charge in [0.05, 0.1) is 6.61 Å². The normalized spacial score (nSPS) is 11.2. The van der Waals surface area contributed by atoms with Crippen LogP contribution in [0.5, 0.6) is 0 Å². The van der Waals surface area contributed by atoms with Crippen LogP contribution in [-0.2, 0) is 11.5 Å². The SMILES string of the molecule is Nc1nc2c(nc(Cl)n2COCCCl)c(=O)[nH]1. The van der Waals surface area contributed by atoms with Crippen LogP contribution in [0.1, 0.15) is 0 Å². The third kappa shape index (κ3) is 2.36. The lowest BCUT2D eigenvalue weighted by Gasteiger charge is -2.05. The highest BCUT2D eigenvalue weighted by molar-refractivity contribution is 6.29. The summed E-state index contributed by atoms with van der Waals surface area (Å²) in [5.74, 6) is 0.359. The molecule has 0 aliphatic rings. The first-order valence-corrected chi connectivity index (χ1v) is 5.60. The zero-order valence-corrected chi connectivity index (χ0v) is 10.1. The van der Waals surface area contributed by atoms with E-state index in [-0.39, 0.29) is 29.1 Å². The molecule has 7 nitrogen and oxygen atoms in total. The molecule has 2 rings (SSSR count). The first-order chi connectivity index (χ1) is 8.13. The van der Waals surface area contributed by atoms with Crippen LogP contribution in [-0.4, -0.2) is 32.0 Å². The molecule has 2 aromatic rings. The van der Waals surface area contributed by atoms with Crippen molar-refractivity contribution in [1.82, 2.24) is 19.5 Å². The summed E-state index contributed by atoms with van der Waals surface area (Å²) in [7, 11) is 0. The number of aromatic amines is 1. The highest BCUT2D eigenvalue weighted by Crippen LogP contribution is 2.15. The number of nitrogens with two attached hydrogens (primary N) is 1. The number of rotatable bonds is 4. The Bertz CT molecular complexity index is 593. The van der Waals surface area contributed by atoms with Crippen LogP contribution < -0.4 is 11.3 Å². The van der Waals surface area contributed by atoms with Crippen LogP contribution >= 0.6 is 23.2 Å². The molecule has 3 N–H and O–H groups in total. The second-order valence-electron chi connectivity index (χ2n) is 3.16. The molecular formula is C8H9Cl2N5O2. The summed E-state index contributed by atoms with van der Waals surface area (Å²) in [6, 6.07) is 0. The van der Waals surface area contributed by atoms with Gasteiger partial charge in [0.15, 0.2) is 11.2 Å². The number of hydrogen-bond acceptors (Lipinski definition) is 5. The quantitative estimate of drug-likeness (QED) is 0.484. The van der Waals surface area contributed by atoms with E-state index >= 15 is 0 Å². The average molecular weight is 278 g/mol. The van der Waals surface area contributed by atoms with Crippen molar-refractivity contribution in [3.8, 4) is 0 Å². The molecule has 2 heterocycles. The Kier molecular flexibility index (Phi) is 3.51. The standard InChI is InChI=1S/C8H9Cl2N5O2/c9-1-2-17-3-15-5-4(12-7(15)10)6(16)14-8(11)13-5/h1-3H2,(H3,11,13,14,16). The Morgan fingerprint density at radius 2 is 2.24 bits per heavy atom. The zero-order valence-electron chi connectivity index (χ0n) is 8.61. The number of ether oxygens (including phenoxy) is 1. The molecular weight excluding hydrogens is 269 g/mol. The van der Waals surface area contributed by atoms with Crippen LogP contribution in [0.2, 0.25) is 5.28 Å². The van der Waals surface area contributed by atoms with Gasteiger partial charge in [-0.25, -0.2) is 4.98 Å². The van der Waals surface area contributed by atoms with Crippen molar-refractivity contribution in [2.75, 3.05) is 18.2 Å². The summed E-state index contributed by atoms with van der Waals surface area (Å²) < 4.78 is 6.65. The van der Waals surface area contributed by atoms with Crippen molar-refractivity contribution in [3.05, 3.63) is 15.6 Å². The second-order valence-corrected chi connectivity index (χ2v) is 3.87. The van der Waals surface area contributed by atoms with Gasteiger partial charge in [0, 0.05) is 5.88 Å². The molecule has 0 unspecified atom stereocenters. The summed E-state index contributed by atoms with van der Waals surface area (Å²) in [5, 5.41) is 0.109. The van der Waals surface area contributed by atoms with Gasteiger partial charge in [0.1, 0.15) is 6.73 Å². The Morgan fingerprint density at radius 3 is 2.94 bits per heavy atom. The fourth-order valence-corrected chi connectivity index (χ4v) is 1.65. The Hall–Kier alpha value is -1.31. The third-order valence-electron chi connectivity index (χ3n) is 2.02. The molecule has 0 aliphatic heterocycles. The molecule has 0 amide bonds. The topological polar surface area (TPSA) is 98.8 Å². The minimum atomic E-state index is -0.439. The molecule has 9 heteroatoms. The van der Waals surface area contributed by atoms with E-state index in [0.717, 1.165) is 0 Å². The van der Waals surface area contributed by atoms with E-state index < -0.39 is 5.56 Å². The summed E-state index contributed by atoms with van der Waals surface area (Å²) in [5.41, 5.74) is 5.41. The van der Waals surface area contributed by atoms with Crippen LogP contribution in [0, 0.1) is 0 Å². The maximum Gasteiger partial charge on any atom is 0.280 e. The second kappa shape index (κ2) is 4.91. The van der Waals surface area contributed by atoms with Gasteiger partial charge >= 0.3 is 0 Å². The van der Waals surface area contributed by atoms with E-state index in [1.807, 2.05) is 0 Å². The molecule has 92 valence electrons. The van der Waals surface area contributed by atoms with Crippen LogP contribution in [0.25, 0.3) is 11.2 Å². The Morgan fingerprint density at radius 1 is 1.47 bits per heavy atom. The van der Waals surface area contributed by atoms with Crippen molar-refractivity contribution in [2.45, 2.75) is 6.73 Å². The van der Waals surface area contributed by atoms with Crippen molar-refractivity contribution < 1.29 is 4.74 Å². The van der Waals surface area contributed by atoms with E-state index in [1.165, 1.54) is 4.57 Å². The van der Waals surface area contributed by atoms with E-state index in [0.29, 0.717) is 12.5 Å². The van der Waals surface area contributed by atoms with Crippen molar-refractivity contribution in [1.29, 1.82) is 0 Å². The average Bonchev–Trinajstić information content (AvgIpc) is 2.57. The first kappa shape index (κ1) is 12.2. The number of alkyl halides is 1. The number of aromatic nitrogens is 4. The van der Waals surface area contributed by atoms with E-state index in [2.05, 4.69) is 15.0 Å². The molecule has 0 fully saturated rings. The van der Waals surface area contributed by atoms with Crippen molar-refractivity contribution >= 4 is 40.3 Å². The van der Waals surface area contributed by atoms with Gasteiger partial charge in [-0.3, -0.25) is 14.3 Å². The van der Waals surface area contributed by atoms with Gasteiger partial charge in [0.2, 0.25) is 11.2 Å². The smallest absolute Gasteiger partial charge is 0.280 e. The minimum Gasteiger partial charge on any atom is -0.369 e. The van der Waals surface area contributed by atoms with E-state index in [9.17, 15) is 4.79 Å². The largest absolute Gasteiger partial charge is 0.369 e. The van der Waals surface area contributed by atoms with Gasteiger partial charge in [-0.1, -0.05) is 0 Å².